The zero-order valence-corrected chi connectivity index (χ0v) is 13.1. The van der Waals surface area contributed by atoms with E-state index in [9.17, 15) is 9.59 Å². The first-order valence-corrected chi connectivity index (χ1v) is 7.82. The third-order valence-electron chi connectivity index (χ3n) is 4.07. The Hall–Kier alpha value is -1.88. The largest absolute Gasteiger partial charge is 0.481 e. The Morgan fingerprint density at radius 2 is 1.73 bits per heavy atom. The Bertz CT molecular complexity index is 505. The van der Waals surface area contributed by atoms with Gasteiger partial charge in [0.15, 0.2) is 0 Å². The number of hydrogen-bond donors (Lipinski definition) is 1. The molecule has 1 fully saturated rings. The summed E-state index contributed by atoms with van der Waals surface area (Å²) < 4.78 is 0. The van der Waals surface area contributed by atoms with E-state index in [0.29, 0.717) is 12.8 Å². The van der Waals surface area contributed by atoms with E-state index in [1.54, 1.807) is 0 Å². The van der Waals surface area contributed by atoms with Crippen molar-refractivity contribution in [2.24, 2.45) is 0 Å². The topological polar surface area (TPSA) is 60.9 Å². The fourth-order valence-electron chi connectivity index (χ4n) is 2.67. The van der Waals surface area contributed by atoms with Crippen LogP contribution in [0.4, 0.5) is 0 Å². The first kappa shape index (κ1) is 16.5. The van der Waals surface area contributed by atoms with Gasteiger partial charge in [0.25, 0.3) is 0 Å². The lowest BCUT2D eigenvalue weighted by Gasteiger charge is -2.34. The molecule has 1 N–H and O–H groups in total. The Kier molecular flexibility index (Phi) is 5.95. The number of aryl methyl sites for hydroxylation is 1. The SMILES string of the molecule is Cc1ccc(CC(=O)N2CCN(CCCC(=O)O)CC2)cc1. The molecular weight excluding hydrogens is 280 g/mol. The Morgan fingerprint density at radius 3 is 2.32 bits per heavy atom. The molecular formula is C17H24N2O3. The summed E-state index contributed by atoms with van der Waals surface area (Å²) in [5.74, 6) is -0.569. The summed E-state index contributed by atoms with van der Waals surface area (Å²) in [6, 6.07) is 8.08. The number of aliphatic carboxylic acids is 1. The van der Waals surface area contributed by atoms with Gasteiger partial charge in [0.1, 0.15) is 0 Å². The summed E-state index contributed by atoms with van der Waals surface area (Å²) in [6.07, 6.45) is 1.35. The lowest BCUT2D eigenvalue weighted by molar-refractivity contribution is -0.137. The van der Waals surface area contributed by atoms with E-state index in [1.807, 2.05) is 36.1 Å². The number of hydrogen-bond acceptors (Lipinski definition) is 3. The molecule has 1 amide bonds. The van der Waals surface area contributed by atoms with Gasteiger partial charge in [0, 0.05) is 32.6 Å². The minimum absolute atomic E-state index is 0.175. The molecule has 0 radical (unpaired) electrons. The van der Waals surface area contributed by atoms with E-state index in [1.165, 1.54) is 5.56 Å². The molecule has 1 aliphatic rings. The minimum Gasteiger partial charge on any atom is -0.481 e. The zero-order chi connectivity index (χ0) is 15.9. The van der Waals surface area contributed by atoms with Gasteiger partial charge in [0.05, 0.1) is 6.42 Å². The highest BCUT2D eigenvalue weighted by Crippen LogP contribution is 2.09. The molecule has 0 spiro atoms. The lowest BCUT2D eigenvalue weighted by Crippen LogP contribution is -2.49. The first-order chi connectivity index (χ1) is 10.5. The van der Waals surface area contributed by atoms with Gasteiger partial charge in [-0.1, -0.05) is 29.8 Å². The molecule has 5 nitrogen and oxygen atoms in total. The fourth-order valence-corrected chi connectivity index (χ4v) is 2.67. The summed E-state index contributed by atoms with van der Waals surface area (Å²) in [4.78, 5) is 26.9. The van der Waals surface area contributed by atoms with Crippen LogP contribution in [0.3, 0.4) is 0 Å². The predicted octanol–water partition coefficient (Wildman–Crippen LogP) is 1.55. The zero-order valence-electron chi connectivity index (χ0n) is 13.1. The van der Waals surface area contributed by atoms with Crippen molar-refractivity contribution in [1.82, 2.24) is 9.80 Å². The smallest absolute Gasteiger partial charge is 0.303 e. The molecule has 0 aromatic heterocycles. The third-order valence-corrected chi connectivity index (χ3v) is 4.07. The summed E-state index contributed by atoms with van der Waals surface area (Å²) in [5, 5.41) is 8.64. The second-order valence-corrected chi connectivity index (χ2v) is 5.88. The Morgan fingerprint density at radius 1 is 1.09 bits per heavy atom. The quantitative estimate of drug-likeness (QED) is 0.866. The van der Waals surface area contributed by atoms with Crippen LogP contribution in [0.5, 0.6) is 0 Å². The number of nitrogens with zero attached hydrogens (tertiary/aromatic N) is 2. The van der Waals surface area contributed by atoms with Crippen LogP contribution in [-0.2, 0) is 16.0 Å². The maximum absolute atomic E-state index is 12.3. The molecule has 0 bridgehead atoms. The monoisotopic (exact) mass is 304 g/mol. The molecule has 1 aromatic rings. The molecule has 22 heavy (non-hydrogen) atoms. The van der Waals surface area contributed by atoms with Crippen molar-refractivity contribution in [1.29, 1.82) is 0 Å². The van der Waals surface area contributed by atoms with Crippen LogP contribution >= 0.6 is 0 Å². The Labute approximate surface area is 131 Å². The molecule has 1 heterocycles. The van der Waals surface area contributed by atoms with Crippen LogP contribution in [0.1, 0.15) is 24.0 Å². The average Bonchev–Trinajstić information content (AvgIpc) is 2.50. The van der Waals surface area contributed by atoms with Crippen LogP contribution in [-0.4, -0.2) is 59.5 Å². The van der Waals surface area contributed by atoms with Crippen LogP contribution in [0.15, 0.2) is 24.3 Å². The predicted molar refractivity (Wildman–Crippen MR) is 84.8 cm³/mol. The number of rotatable bonds is 6. The van der Waals surface area contributed by atoms with E-state index in [2.05, 4.69) is 4.90 Å². The standard InChI is InChI=1S/C17H24N2O3/c1-14-4-6-15(7-5-14)13-16(20)19-11-9-18(10-12-19)8-2-3-17(21)22/h4-7H,2-3,8-13H2,1H3,(H,21,22). The summed E-state index contributed by atoms with van der Waals surface area (Å²) in [7, 11) is 0. The second kappa shape index (κ2) is 7.94. The summed E-state index contributed by atoms with van der Waals surface area (Å²) >= 11 is 0. The van der Waals surface area contributed by atoms with Gasteiger partial charge in [-0.3, -0.25) is 14.5 Å². The van der Waals surface area contributed by atoms with Crippen LogP contribution < -0.4 is 0 Å². The normalized spacial score (nSPS) is 15.8. The van der Waals surface area contributed by atoms with Crippen molar-refractivity contribution in [3.63, 3.8) is 0 Å². The van der Waals surface area contributed by atoms with Crippen molar-refractivity contribution in [2.45, 2.75) is 26.2 Å². The molecule has 1 aromatic carbocycles. The number of carbonyl (C=O) groups is 2. The molecule has 5 heteroatoms. The van der Waals surface area contributed by atoms with Gasteiger partial charge in [-0.15, -0.1) is 0 Å². The molecule has 0 aliphatic carbocycles. The number of piperazine rings is 1. The van der Waals surface area contributed by atoms with Gasteiger partial charge >= 0.3 is 5.97 Å². The van der Waals surface area contributed by atoms with Gasteiger partial charge in [-0.05, 0) is 25.5 Å². The van der Waals surface area contributed by atoms with Crippen molar-refractivity contribution >= 4 is 11.9 Å². The highest BCUT2D eigenvalue weighted by Gasteiger charge is 2.20. The number of carbonyl (C=O) groups excluding carboxylic acids is 1. The highest BCUT2D eigenvalue weighted by atomic mass is 16.4. The number of carboxylic acids is 1. The summed E-state index contributed by atoms with van der Waals surface area (Å²) in [6.45, 7) is 5.97. The third kappa shape index (κ3) is 5.15. The Balaban J connectivity index is 1.72. The van der Waals surface area contributed by atoms with E-state index >= 15 is 0 Å². The number of carboxylic acid groups (broad SMARTS) is 1. The van der Waals surface area contributed by atoms with Crippen molar-refractivity contribution in [3.8, 4) is 0 Å². The first-order valence-electron chi connectivity index (χ1n) is 7.82. The molecule has 0 unspecified atom stereocenters. The van der Waals surface area contributed by atoms with Crippen LogP contribution in [0.25, 0.3) is 0 Å². The van der Waals surface area contributed by atoms with Crippen molar-refractivity contribution in [2.75, 3.05) is 32.7 Å². The van der Waals surface area contributed by atoms with Gasteiger partial charge in [-0.2, -0.15) is 0 Å². The summed E-state index contributed by atoms with van der Waals surface area (Å²) in [5.41, 5.74) is 2.26. The maximum Gasteiger partial charge on any atom is 0.303 e. The van der Waals surface area contributed by atoms with Gasteiger partial charge < -0.3 is 10.0 Å². The van der Waals surface area contributed by atoms with Crippen molar-refractivity contribution in [3.05, 3.63) is 35.4 Å². The molecule has 2 rings (SSSR count). The van der Waals surface area contributed by atoms with E-state index in [-0.39, 0.29) is 12.3 Å². The number of benzene rings is 1. The maximum atomic E-state index is 12.3. The molecule has 0 saturated carbocycles. The van der Waals surface area contributed by atoms with Crippen LogP contribution in [0, 0.1) is 6.92 Å². The van der Waals surface area contributed by atoms with E-state index < -0.39 is 5.97 Å². The lowest BCUT2D eigenvalue weighted by atomic mass is 10.1. The minimum atomic E-state index is -0.744. The molecule has 120 valence electrons. The molecule has 1 saturated heterocycles. The molecule has 1 aliphatic heterocycles. The number of amides is 1. The van der Waals surface area contributed by atoms with Gasteiger partial charge in [-0.25, -0.2) is 0 Å². The van der Waals surface area contributed by atoms with Crippen LogP contribution in [0.2, 0.25) is 0 Å². The second-order valence-electron chi connectivity index (χ2n) is 5.88. The van der Waals surface area contributed by atoms with Gasteiger partial charge in [0.2, 0.25) is 5.91 Å². The van der Waals surface area contributed by atoms with E-state index in [4.69, 9.17) is 5.11 Å². The fraction of sp³-hybridized carbons (Fsp3) is 0.529. The highest BCUT2D eigenvalue weighted by molar-refractivity contribution is 5.78. The average molecular weight is 304 g/mol. The van der Waals surface area contributed by atoms with Crippen molar-refractivity contribution < 1.29 is 14.7 Å². The molecule has 0 atom stereocenters. The van der Waals surface area contributed by atoms with E-state index in [0.717, 1.165) is 38.3 Å².